The van der Waals surface area contributed by atoms with Crippen LogP contribution in [0.2, 0.25) is 0 Å². The second-order valence-electron chi connectivity index (χ2n) is 3.21. The largest absolute Gasteiger partial charge is 0.452 e. The van der Waals surface area contributed by atoms with Crippen molar-refractivity contribution in [3.63, 3.8) is 0 Å². The third kappa shape index (κ3) is 6.69. The number of hydrogen-bond acceptors (Lipinski definition) is 4. The zero-order valence-electron chi connectivity index (χ0n) is 8.78. The van der Waals surface area contributed by atoms with Crippen LogP contribution in [0.4, 0.5) is 4.79 Å². The Bertz CT molecular complexity index is 304. The zero-order valence-corrected chi connectivity index (χ0v) is 11.2. The molecular formula is C7H15BrN2O4S. The number of rotatable bonds is 5. The molecule has 0 fully saturated rings. The van der Waals surface area contributed by atoms with Crippen molar-refractivity contribution in [1.82, 2.24) is 9.44 Å². The van der Waals surface area contributed by atoms with Gasteiger partial charge >= 0.3 is 16.3 Å². The number of carbonyl (C=O) groups excluding carboxylic acids is 1. The molecule has 2 N–H and O–H groups in total. The van der Waals surface area contributed by atoms with Crippen molar-refractivity contribution in [2.45, 2.75) is 18.7 Å². The molecule has 0 aromatic heterocycles. The number of methoxy groups -OCH3 is 1. The number of hydrogen-bond donors (Lipinski definition) is 2. The molecule has 1 unspecified atom stereocenters. The molecule has 0 radical (unpaired) electrons. The van der Waals surface area contributed by atoms with E-state index in [1.807, 2.05) is 13.8 Å². The number of nitrogens with one attached hydrogen (secondary N) is 2. The molecule has 0 bridgehead atoms. The summed E-state index contributed by atoms with van der Waals surface area (Å²) in [4.78, 5) is 10.6. The highest BCUT2D eigenvalue weighted by Crippen LogP contribution is 2.10. The van der Waals surface area contributed by atoms with Crippen LogP contribution in [0.3, 0.4) is 0 Å². The van der Waals surface area contributed by atoms with Crippen LogP contribution >= 0.6 is 15.9 Å². The Labute approximate surface area is 98.1 Å². The third-order valence-electron chi connectivity index (χ3n) is 1.59. The summed E-state index contributed by atoms with van der Waals surface area (Å²) >= 11 is 3.31. The van der Waals surface area contributed by atoms with Crippen molar-refractivity contribution in [3.8, 4) is 0 Å². The highest BCUT2D eigenvalue weighted by molar-refractivity contribution is 9.09. The molecule has 0 aromatic rings. The molecule has 1 amide bonds. The fourth-order valence-corrected chi connectivity index (χ4v) is 1.76. The maximum atomic E-state index is 11.2. The first-order chi connectivity index (χ1) is 6.78. The average Bonchev–Trinajstić information content (AvgIpc) is 2.13. The van der Waals surface area contributed by atoms with Gasteiger partial charge in [-0.15, -0.1) is 0 Å². The van der Waals surface area contributed by atoms with Crippen LogP contribution in [0.15, 0.2) is 0 Å². The van der Waals surface area contributed by atoms with Gasteiger partial charge in [0.1, 0.15) is 0 Å². The summed E-state index contributed by atoms with van der Waals surface area (Å²) in [6, 6.07) is 0. The third-order valence-corrected chi connectivity index (χ3v) is 3.96. The van der Waals surface area contributed by atoms with E-state index in [0.29, 0.717) is 0 Å². The van der Waals surface area contributed by atoms with Crippen LogP contribution in [-0.4, -0.2) is 33.0 Å². The maximum absolute atomic E-state index is 11.2. The summed E-state index contributed by atoms with van der Waals surface area (Å²) in [6.45, 7) is 4.09. The number of amides is 1. The first-order valence-corrected chi connectivity index (χ1v) is 6.67. The molecule has 8 heteroatoms. The summed E-state index contributed by atoms with van der Waals surface area (Å²) < 4.78 is 30.4. The number of halogens is 1. The van der Waals surface area contributed by atoms with Crippen molar-refractivity contribution in [3.05, 3.63) is 0 Å². The molecule has 15 heavy (non-hydrogen) atoms. The minimum absolute atomic E-state index is 0.00622. The van der Waals surface area contributed by atoms with Gasteiger partial charge in [-0.25, -0.2) is 9.52 Å². The highest BCUT2D eigenvalue weighted by Gasteiger charge is 2.17. The van der Waals surface area contributed by atoms with Gasteiger partial charge < -0.3 is 4.74 Å². The van der Waals surface area contributed by atoms with Crippen LogP contribution in [0.1, 0.15) is 13.8 Å². The van der Waals surface area contributed by atoms with Crippen LogP contribution in [-0.2, 0) is 14.9 Å². The van der Waals surface area contributed by atoms with Gasteiger partial charge in [-0.2, -0.15) is 13.1 Å². The van der Waals surface area contributed by atoms with E-state index in [9.17, 15) is 13.2 Å². The van der Waals surface area contributed by atoms with Gasteiger partial charge in [0, 0.05) is 11.4 Å². The normalized spacial score (nSPS) is 13.7. The SMILES string of the molecule is COC(=O)NS(=O)(=O)NCC(Br)C(C)C. The highest BCUT2D eigenvalue weighted by atomic mass is 79.9. The summed E-state index contributed by atoms with van der Waals surface area (Å²) in [7, 11) is -2.74. The summed E-state index contributed by atoms with van der Waals surface area (Å²) in [5.74, 6) is 0.283. The van der Waals surface area contributed by atoms with Crippen molar-refractivity contribution in [1.29, 1.82) is 0 Å². The summed E-state index contributed by atoms with van der Waals surface area (Å²) in [6.07, 6.45) is -1.02. The molecule has 0 aliphatic heterocycles. The van der Waals surface area contributed by atoms with Crippen LogP contribution in [0.5, 0.6) is 0 Å². The van der Waals surface area contributed by atoms with E-state index < -0.39 is 16.3 Å². The first kappa shape index (κ1) is 14.7. The van der Waals surface area contributed by atoms with E-state index >= 15 is 0 Å². The second-order valence-corrected chi connectivity index (χ2v) is 5.88. The number of alkyl halides is 1. The van der Waals surface area contributed by atoms with Crippen molar-refractivity contribution in [2.24, 2.45) is 5.92 Å². The summed E-state index contributed by atoms with van der Waals surface area (Å²) in [5.41, 5.74) is 0. The van der Waals surface area contributed by atoms with Crippen LogP contribution in [0, 0.1) is 5.92 Å². The van der Waals surface area contributed by atoms with E-state index in [4.69, 9.17) is 0 Å². The average molecular weight is 303 g/mol. The van der Waals surface area contributed by atoms with Gasteiger partial charge in [0.2, 0.25) is 0 Å². The molecule has 0 rings (SSSR count). The van der Waals surface area contributed by atoms with Crippen molar-refractivity contribution < 1.29 is 17.9 Å². The summed E-state index contributed by atoms with van der Waals surface area (Å²) in [5, 5.41) is 0. The Morgan fingerprint density at radius 2 is 2.00 bits per heavy atom. The van der Waals surface area contributed by atoms with Gasteiger partial charge in [-0.05, 0) is 5.92 Å². The molecule has 0 saturated heterocycles. The lowest BCUT2D eigenvalue weighted by molar-refractivity contribution is 0.177. The van der Waals surface area contributed by atoms with Gasteiger partial charge in [-0.1, -0.05) is 29.8 Å². The Kier molecular flexibility index (Phi) is 6.15. The van der Waals surface area contributed by atoms with E-state index in [2.05, 4.69) is 25.4 Å². The number of ether oxygens (including phenoxy) is 1. The Morgan fingerprint density at radius 3 is 2.40 bits per heavy atom. The monoisotopic (exact) mass is 302 g/mol. The predicted octanol–water partition coefficient (Wildman–Crippen LogP) is 0.596. The van der Waals surface area contributed by atoms with E-state index in [0.717, 1.165) is 7.11 Å². The van der Waals surface area contributed by atoms with Gasteiger partial charge in [0.05, 0.1) is 7.11 Å². The molecule has 0 aliphatic rings. The van der Waals surface area contributed by atoms with Crippen molar-refractivity contribution in [2.75, 3.05) is 13.7 Å². The maximum Gasteiger partial charge on any atom is 0.421 e. The smallest absolute Gasteiger partial charge is 0.421 e. The van der Waals surface area contributed by atoms with Gasteiger partial charge in [0.15, 0.2) is 0 Å². The molecule has 0 heterocycles. The lowest BCUT2D eigenvalue weighted by atomic mass is 10.1. The van der Waals surface area contributed by atoms with Gasteiger partial charge in [0.25, 0.3) is 0 Å². The van der Waals surface area contributed by atoms with E-state index in [1.165, 1.54) is 0 Å². The quantitative estimate of drug-likeness (QED) is 0.728. The van der Waals surface area contributed by atoms with E-state index in [-0.39, 0.29) is 17.3 Å². The zero-order chi connectivity index (χ0) is 12.1. The molecule has 0 saturated carbocycles. The Hall–Kier alpha value is -0.340. The molecule has 6 nitrogen and oxygen atoms in total. The Morgan fingerprint density at radius 1 is 1.47 bits per heavy atom. The fourth-order valence-electron chi connectivity index (χ4n) is 0.612. The molecule has 0 aliphatic carbocycles. The fraction of sp³-hybridized carbons (Fsp3) is 0.857. The first-order valence-electron chi connectivity index (χ1n) is 4.28. The minimum atomic E-state index is -3.83. The van der Waals surface area contributed by atoms with Crippen LogP contribution in [0.25, 0.3) is 0 Å². The molecule has 1 atom stereocenters. The molecule has 0 aromatic carbocycles. The second kappa shape index (κ2) is 6.29. The minimum Gasteiger partial charge on any atom is -0.452 e. The molecule has 90 valence electrons. The molecule has 0 spiro atoms. The lowest BCUT2D eigenvalue weighted by Gasteiger charge is -2.14. The molecular weight excluding hydrogens is 288 g/mol. The van der Waals surface area contributed by atoms with E-state index in [1.54, 1.807) is 4.72 Å². The standard InChI is InChI=1S/C7H15BrN2O4S/c1-5(2)6(8)4-9-15(12,13)10-7(11)14-3/h5-6,9H,4H2,1-3H3,(H,10,11). The predicted molar refractivity (Wildman–Crippen MR) is 60.0 cm³/mol. The van der Waals surface area contributed by atoms with Crippen LogP contribution < -0.4 is 9.44 Å². The topological polar surface area (TPSA) is 84.5 Å². The lowest BCUT2D eigenvalue weighted by Crippen LogP contribution is -2.42. The Balaban J connectivity index is 4.11. The van der Waals surface area contributed by atoms with Crippen molar-refractivity contribution >= 4 is 32.2 Å². The number of carbonyl (C=O) groups is 1. The van der Waals surface area contributed by atoms with Gasteiger partial charge in [-0.3, -0.25) is 0 Å².